The zero-order valence-corrected chi connectivity index (χ0v) is 8.34. The van der Waals surface area contributed by atoms with Gasteiger partial charge in [-0.05, 0) is 0 Å². The third-order valence-corrected chi connectivity index (χ3v) is 1.70. The summed E-state index contributed by atoms with van der Waals surface area (Å²) in [6.07, 6.45) is 3.44. The molecule has 0 aliphatic rings. The molecule has 1 amide bonds. The number of hydrogen-bond acceptors (Lipinski definition) is 5. The SMILES string of the molecule is COC(=O)CNC(=O)CCn1ccnn1. The number of carbonyl (C=O) groups excluding carboxylic acids is 2. The molecule has 0 aliphatic carbocycles. The lowest BCUT2D eigenvalue weighted by Gasteiger charge is -2.03. The summed E-state index contributed by atoms with van der Waals surface area (Å²) >= 11 is 0. The third kappa shape index (κ3) is 4.21. The van der Waals surface area contributed by atoms with Gasteiger partial charge in [-0.25, -0.2) is 0 Å². The van der Waals surface area contributed by atoms with Crippen LogP contribution in [0.5, 0.6) is 0 Å². The van der Waals surface area contributed by atoms with Crippen molar-refractivity contribution in [1.29, 1.82) is 0 Å². The minimum absolute atomic E-state index is 0.104. The monoisotopic (exact) mass is 212 g/mol. The molecule has 0 aromatic carbocycles. The van der Waals surface area contributed by atoms with Crippen LogP contribution in [-0.2, 0) is 20.9 Å². The highest BCUT2D eigenvalue weighted by atomic mass is 16.5. The smallest absolute Gasteiger partial charge is 0.325 e. The quantitative estimate of drug-likeness (QED) is 0.630. The average Bonchev–Trinajstić information content (AvgIpc) is 2.75. The van der Waals surface area contributed by atoms with Gasteiger partial charge in [-0.2, -0.15) is 0 Å². The fourth-order valence-corrected chi connectivity index (χ4v) is 0.899. The van der Waals surface area contributed by atoms with E-state index >= 15 is 0 Å². The van der Waals surface area contributed by atoms with E-state index in [1.54, 1.807) is 6.20 Å². The fraction of sp³-hybridized carbons (Fsp3) is 0.500. The minimum atomic E-state index is -0.468. The van der Waals surface area contributed by atoms with E-state index in [9.17, 15) is 9.59 Å². The molecule has 7 heteroatoms. The zero-order chi connectivity index (χ0) is 11.1. The molecule has 15 heavy (non-hydrogen) atoms. The number of nitrogens with zero attached hydrogens (tertiary/aromatic N) is 3. The normalized spacial score (nSPS) is 9.67. The van der Waals surface area contributed by atoms with Crippen LogP contribution in [0.15, 0.2) is 12.4 Å². The number of rotatable bonds is 5. The first-order chi connectivity index (χ1) is 7.22. The van der Waals surface area contributed by atoms with Crippen molar-refractivity contribution in [1.82, 2.24) is 20.3 Å². The number of aryl methyl sites for hydroxylation is 1. The van der Waals surface area contributed by atoms with E-state index in [4.69, 9.17) is 0 Å². The van der Waals surface area contributed by atoms with Crippen molar-refractivity contribution in [3.63, 3.8) is 0 Å². The summed E-state index contributed by atoms with van der Waals surface area (Å²) in [4.78, 5) is 21.9. The molecule has 0 spiro atoms. The van der Waals surface area contributed by atoms with Gasteiger partial charge in [0.25, 0.3) is 0 Å². The summed E-state index contributed by atoms with van der Waals surface area (Å²) in [6.45, 7) is 0.333. The Morgan fingerprint density at radius 2 is 2.33 bits per heavy atom. The Balaban J connectivity index is 2.16. The van der Waals surface area contributed by atoms with Crippen LogP contribution in [0.1, 0.15) is 6.42 Å². The lowest BCUT2D eigenvalue weighted by atomic mass is 10.4. The fourth-order valence-electron chi connectivity index (χ4n) is 0.899. The molecule has 1 N–H and O–H groups in total. The Bertz CT molecular complexity index is 323. The van der Waals surface area contributed by atoms with Crippen molar-refractivity contribution in [2.24, 2.45) is 0 Å². The van der Waals surface area contributed by atoms with Crippen LogP contribution in [0.25, 0.3) is 0 Å². The third-order valence-electron chi connectivity index (χ3n) is 1.70. The first kappa shape index (κ1) is 11.2. The molecule has 0 radical (unpaired) electrons. The lowest BCUT2D eigenvalue weighted by molar-refractivity contribution is -0.141. The molecule has 1 rings (SSSR count). The summed E-state index contributed by atoms with van der Waals surface area (Å²) in [5.74, 6) is -0.694. The molecule has 0 atom stereocenters. The van der Waals surface area contributed by atoms with Gasteiger partial charge in [0.1, 0.15) is 6.54 Å². The van der Waals surface area contributed by atoms with Gasteiger partial charge < -0.3 is 10.1 Å². The van der Waals surface area contributed by atoms with Gasteiger partial charge in [0.15, 0.2) is 0 Å². The summed E-state index contributed by atoms with van der Waals surface area (Å²) in [5, 5.41) is 9.71. The highest BCUT2D eigenvalue weighted by molar-refractivity contribution is 5.81. The second kappa shape index (κ2) is 5.74. The van der Waals surface area contributed by atoms with Gasteiger partial charge in [0.05, 0.1) is 19.9 Å². The number of nitrogens with one attached hydrogen (secondary N) is 1. The van der Waals surface area contributed by atoms with E-state index in [-0.39, 0.29) is 18.9 Å². The topological polar surface area (TPSA) is 86.1 Å². The summed E-state index contributed by atoms with van der Waals surface area (Å²) in [5.41, 5.74) is 0. The van der Waals surface area contributed by atoms with Gasteiger partial charge >= 0.3 is 5.97 Å². The van der Waals surface area contributed by atoms with Crippen LogP contribution in [0.4, 0.5) is 0 Å². The molecule has 0 bridgehead atoms. The maximum Gasteiger partial charge on any atom is 0.325 e. The number of aromatic nitrogens is 3. The summed E-state index contributed by atoms with van der Waals surface area (Å²) < 4.78 is 5.91. The van der Waals surface area contributed by atoms with Gasteiger partial charge in [0, 0.05) is 12.6 Å². The van der Waals surface area contributed by atoms with E-state index in [2.05, 4.69) is 20.4 Å². The molecule has 0 saturated carbocycles. The molecule has 1 aromatic heterocycles. The predicted molar refractivity (Wildman–Crippen MR) is 49.7 cm³/mol. The van der Waals surface area contributed by atoms with Crippen molar-refractivity contribution in [3.8, 4) is 0 Å². The number of carbonyl (C=O) groups is 2. The van der Waals surface area contributed by atoms with Crippen LogP contribution in [0.3, 0.4) is 0 Å². The van der Waals surface area contributed by atoms with Gasteiger partial charge in [-0.3, -0.25) is 14.3 Å². The largest absolute Gasteiger partial charge is 0.468 e. The Kier molecular flexibility index (Phi) is 4.27. The average molecular weight is 212 g/mol. The molecule has 0 aliphatic heterocycles. The van der Waals surface area contributed by atoms with Gasteiger partial charge in [-0.15, -0.1) is 5.10 Å². The molecule has 0 saturated heterocycles. The maximum absolute atomic E-state index is 11.2. The highest BCUT2D eigenvalue weighted by Gasteiger charge is 2.05. The van der Waals surface area contributed by atoms with Crippen LogP contribution in [0, 0.1) is 0 Å². The van der Waals surface area contributed by atoms with Crippen molar-refractivity contribution in [2.75, 3.05) is 13.7 Å². The first-order valence-corrected chi connectivity index (χ1v) is 4.40. The second-order valence-electron chi connectivity index (χ2n) is 2.77. The second-order valence-corrected chi connectivity index (χ2v) is 2.77. The highest BCUT2D eigenvalue weighted by Crippen LogP contribution is 1.87. The minimum Gasteiger partial charge on any atom is -0.468 e. The molecule has 82 valence electrons. The number of hydrogen-bond donors (Lipinski definition) is 1. The standard InChI is InChI=1S/C8H12N4O3/c1-15-8(14)6-9-7(13)2-4-12-5-3-10-11-12/h3,5H,2,4,6H2,1H3,(H,9,13). The van der Waals surface area contributed by atoms with Crippen LogP contribution in [-0.4, -0.2) is 40.5 Å². The molecule has 0 fully saturated rings. The Hall–Kier alpha value is -1.92. The Labute approximate surface area is 86.4 Å². The Morgan fingerprint density at radius 1 is 1.53 bits per heavy atom. The number of amides is 1. The zero-order valence-electron chi connectivity index (χ0n) is 8.34. The summed E-state index contributed by atoms with van der Waals surface area (Å²) in [7, 11) is 1.27. The van der Waals surface area contributed by atoms with Gasteiger partial charge in [-0.1, -0.05) is 5.21 Å². The van der Waals surface area contributed by atoms with Crippen LogP contribution >= 0.6 is 0 Å². The Morgan fingerprint density at radius 3 is 2.93 bits per heavy atom. The van der Waals surface area contributed by atoms with Crippen molar-refractivity contribution in [3.05, 3.63) is 12.4 Å². The maximum atomic E-state index is 11.2. The number of methoxy groups -OCH3 is 1. The van der Waals surface area contributed by atoms with Crippen molar-refractivity contribution in [2.45, 2.75) is 13.0 Å². The van der Waals surface area contributed by atoms with Gasteiger partial charge in [0.2, 0.25) is 5.91 Å². The van der Waals surface area contributed by atoms with E-state index in [0.717, 1.165) is 0 Å². The molecule has 7 nitrogen and oxygen atoms in total. The molecular weight excluding hydrogens is 200 g/mol. The summed E-state index contributed by atoms with van der Waals surface area (Å²) in [6, 6.07) is 0. The van der Waals surface area contributed by atoms with E-state index < -0.39 is 5.97 Å². The number of ether oxygens (including phenoxy) is 1. The van der Waals surface area contributed by atoms with E-state index in [1.165, 1.54) is 18.0 Å². The number of esters is 1. The first-order valence-electron chi connectivity index (χ1n) is 4.40. The predicted octanol–water partition coefficient (Wildman–Crippen LogP) is -1.04. The van der Waals surface area contributed by atoms with Crippen molar-refractivity contribution < 1.29 is 14.3 Å². The van der Waals surface area contributed by atoms with E-state index in [0.29, 0.717) is 6.54 Å². The van der Waals surface area contributed by atoms with Crippen LogP contribution < -0.4 is 5.32 Å². The lowest BCUT2D eigenvalue weighted by Crippen LogP contribution is -2.30. The molecule has 0 unspecified atom stereocenters. The van der Waals surface area contributed by atoms with Crippen molar-refractivity contribution >= 4 is 11.9 Å². The van der Waals surface area contributed by atoms with Crippen LogP contribution in [0.2, 0.25) is 0 Å². The molecular formula is C8H12N4O3. The molecule has 1 heterocycles. The van der Waals surface area contributed by atoms with E-state index in [1.807, 2.05) is 0 Å². The molecule has 1 aromatic rings.